The first-order chi connectivity index (χ1) is 27.2. The van der Waals surface area contributed by atoms with Crippen LogP contribution in [-0.4, -0.2) is 82.2 Å². The number of methoxy groups -OCH3 is 8. The lowest BCUT2D eigenvalue weighted by molar-refractivity contribution is -0.147. The van der Waals surface area contributed by atoms with Crippen molar-refractivity contribution in [1.82, 2.24) is 0 Å². The van der Waals surface area contributed by atoms with Crippen molar-refractivity contribution in [3.05, 3.63) is 82.4 Å². The first kappa shape index (κ1) is 37.9. The molecule has 0 bridgehead atoms. The van der Waals surface area contributed by atoms with E-state index in [-0.39, 0.29) is 19.0 Å². The first-order valence-electron chi connectivity index (χ1n) is 17.6. The number of hydrogen-bond donors (Lipinski definition) is 0. The maximum atomic E-state index is 14.8. The van der Waals surface area contributed by atoms with Crippen LogP contribution in [0, 0.1) is 11.8 Å². The number of ether oxygens (including phenoxy) is 12. The Morgan fingerprint density at radius 3 is 1.73 bits per heavy atom. The zero-order valence-electron chi connectivity index (χ0n) is 32.2. The molecule has 56 heavy (non-hydrogen) atoms. The molecule has 4 aromatic carbocycles. The Balaban J connectivity index is 1.39. The van der Waals surface area contributed by atoms with Crippen LogP contribution in [0.1, 0.15) is 39.8 Å². The number of benzene rings is 4. The lowest BCUT2D eigenvalue weighted by Gasteiger charge is -2.38. The highest BCUT2D eigenvalue weighted by Gasteiger charge is 2.54. The van der Waals surface area contributed by atoms with E-state index in [1.807, 2.05) is 18.2 Å². The summed E-state index contributed by atoms with van der Waals surface area (Å²) in [6.07, 6.45) is 0.703. The molecule has 7 rings (SSSR count). The van der Waals surface area contributed by atoms with Crippen LogP contribution in [0.15, 0.2) is 54.6 Å². The van der Waals surface area contributed by atoms with Crippen LogP contribution in [-0.2, 0) is 19.1 Å². The maximum absolute atomic E-state index is 14.8. The Bertz CT molecular complexity index is 2140. The number of cyclic esters (lactones) is 1. The quantitative estimate of drug-likeness (QED) is 0.0859. The molecule has 0 unspecified atom stereocenters. The van der Waals surface area contributed by atoms with Crippen molar-refractivity contribution in [2.24, 2.45) is 11.8 Å². The molecule has 3 aliphatic rings. The van der Waals surface area contributed by atoms with Crippen molar-refractivity contribution in [2.45, 2.75) is 12.0 Å². The highest BCUT2D eigenvalue weighted by atomic mass is 16.7. The minimum absolute atomic E-state index is 0.00145. The molecule has 4 atom stereocenters. The standard InChI is InChI=1S/C42H42O14/c1-45-28-10-9-22(14-29(28)46-2)24(11-21-12-32(47-3)39(51-7)33(13-21)48-4)41(43)56-38-26-18-31-30(54-20-55-31)17-25(26)36(37-27(38)19-53-42(37)44)23-15-34(49-5)40(52-8)35(16-23)50-6/h9-18,27,36-38H,19-20H2,1-8H3/b24-11+/t27-,36+,37-,38-/m0/s1. The number of carbonyl (C=O) groups is 2. The van der Waals surface area contributed by atoms with Crippen LogP contribution in [0.4, 0.5) is 0 Å². The molecule has 0 spiro atoms. The molecule has 14 nitrogen and oxygen atoms in total. The van der Waals surface area contributed by atoms with Crippen LogP contribution in [0.5, 0.6) is 57.5 Å². The maximum Gasteiger partial charge on any atom is 0.339 e. The smallest absolute Gasteiger partial charge is 0.339 e. The molecule has 0 saturated carbocycles. The number of rotatable bonds is 13. The van der Waals surface area contributed by atoms with E-state index in [1.54, 1.807) is 42.5 Å². The summed E-state index contributed by atoms with van der Waals surface area (Å²) in [4.78, 5) is 28.6. The largest absolute Gasteiger partial charge is 0.493 e. The number of carbonyl (C=O) groups excluding carboxylic acids is 2. The van der Waals surface area contributed by atoms with Crippen molar-refractivity contribution < 1.29 is 66.4 Å². The van der Waals surface area contributed by atoms with Gasteiger partial charge in [0.15, 0.2) is 46.0 Å². The Morgan fingerprint density at radius 1 is 0.625 bits per heavy atom. The Morgan fingerprint density at radius 2 is 1.18 bits per heavy atom. The average Bonchev–Trinajstić information content (AvgIpc) is 3.86. The summed E-state index contributed by atoms with van der Waals surface area (Å²) >= 11 is 0. The number of hydrogen-bond acceptors (Lipinski definition) is 14. The second kappa shape index (κ2) is 15.7. The van der Waals surface area contributed by atoms with Crippen LogP contribution in [0.25, 0.3) is 11.6 Å². The summed E-state index contributed by atoms with van der Waals surface area (Å²) in [6, 6.07) is 15.8. The van der Waals surface area contributed by atoms with Gasteiger partial charge in [-0.2, -0.15) is 0 Å². The molecule has 0 amide bonds. The van der Waals surface area contributed by atoms with Gasteiger partial charge in [0.2, 0.25) is 18.3 Å². The molecule has 2 aliphatic heterocycles. The van der Waals surface area contributed by atoms with Crippen molar-refractivity contribution in [1.29, 1.82) is 0 Å². The Kier molecular flexibility index (Phi) is 10.6. The molecule has 0 aromatic heterocycles. The van der Waals surface area contributed by atoms with Crippen LogP contribution < -0.4 is 47.4 Å². The third-order valence-electron chi connectivity index (χ3n) is 10.3. The Hall–Kier alpha value is -6.44. The predicted molar refractivity (Wildman–Crippen MR) is 201 cm³/mol. The van der Waals surface area contributed by atoms with Gasteiger partial charge in [0, 0.05) is 17.4 Å². The third kappa shape index (κ3) is 6.54. The summed E-state index contributed by atoms with van der Waals surface area (Å²) in [6.45, 7) is 0.00589. The SMILES string of the molecule is COc1ccc(/C(=C\c2cc(OC)c(OC)c(OC)c2)C(=O)O[C@H]2c3cc4c(cc3[C@@H](c3cc(OC)c(OC)c(OC)c3)[C@H]3C(=O)OC[C@@H]32)OCO4)cc1OC. The molecule has 294 valence electrons. The average molecular weight is 771 g/mol. The van der Waals surface area contributed by atoms with E-state index < -0.39 is 35.8 Å². The van der Waals surface area contributed by atoms with Crippen LogP contribution in [0.3, 0.4) is 0 Å². The molecule has 2 heterocycles. The van der Waals surface area contributed by atoms with Gasteiger partial charge >= 0.3 is 11.9 Å². The van der Waals surface area contributed by atoms with E-state index in [9.17, 15) is 9.59 Å². The van der Waals surface area contributed by atoms with Gasteiger partial charge in [-0.05, 0) is 76.9 Å². The molecule has 1 saturated heterocycles. The summed E-state index contributed by atoms with van der Waals surface area (Å²) in [5.74, 6) is 1.14. The summed E-state index contributed by atoms with van der Waals surface area (Å²) < 4.78 is 68.7. The monoisotopic (exact) mass is 770 g/mol. The normalized spacial score (nSPS) is 19.2. The first-order valence-corrected chi connectivity index (χ1v) is 17.6. The molecule has 4 aromatic rings. The van der Waals surface area contributed by atoms with E-state index in [4.69, 9.17) is 56.8 Å². The van der Waals surface area contributed by atoms with Crippen molar-refractivity contribution in [3.8, 4) is 57.5 Å². The molecule has 14 heteroatoms. The van der Waals surface area contributed by atoms with Gasteiger partial charge in [0.05, 0.1) is 75.0 Å². The molecule has 1 aliphatic carbocycles. The number of esters is 2. The molecular formula is C42H42O14. The second-order valence-electron chi connectivity index (χ2n) is 13.0. The van der Waals surface area contributed by atoms with E-state index in [1.165, 1.54) is 56.9 Å². The third-order valence-corrected chi connectivity index (χ3v) is 10.3. The Labute approximate surface area is 323 Å². The van der Waals surface area contributed by atoms with Gasteiger partial charge in [-0.25, -0.2) is 4.79 Å². The number of fused-ring (bicyclic) bond motifs is 3. The van der Waals surface area contributed by atoms with E-state index >= 15 is 0 Å². The zero-order valence-corrected chi connectivity index (χ0v) is 32.2. The van der Waals surface area contributed by atoms with Gasteiger partial charge in [-0.1, -0.05) is 6.07 Å². The fourth-order valence-corrected chi connectivity index (χ4v) is 7.74. The van der Waals surface area contributed by atoms with E-state index in [0.717, 1.165) is 0 Å². The van der Waals surface area contributed by atoms with E-state index in [0.29, 0.717) is 85.3 Å². The topological polar surface area (TPSA) is 145 Å². The van der Waals surface area contributed by atoms with Gasteiger partial charge in [0.25, 0.3) is 0 Å². The lowest BCUT2D eigenvalue weighted by atomic mass is 9.66. The summed E-state index contributed by atoms with van der Waals surface area (Å²) in [5, 5.41) is 0. The molecule has 0 radical (unpaired) electrons. The van der Waals surface area contributed by atoms with Crippen LogP contribution in [0.2, 0.25) is 0 Å². The predicted octanol–water partition coefficient (Wildman–Crippen LogP) is 6.24. The van der Waals surface area contributed by atoms with Gasteiger partial charge in [-0.3, -0.25) is 4.79 Å². The molecule has 0 N–H and O–H groups in total. The van der Waals surface area contributed by atoms with Crippen molar-refractivity contribution in [3.63, 3.8) is 0 Å². The highest BCUT2D eigenvalue weighted by Crippen LogP contribution is 2.57. The minimum atomic E-state index is -0.953. The molecule has 1 fully saturated rings. The van der Waals surface area contributed by atoms with Gasteiger partial charge in [-0.15, -0.1) is 0 Å². The van der Waals surface area contributed by atoms with Gasteiger partial charge in [0.1, 0.15) is 6.10 Å². The van der Waals surface area contributed by atoms with Gasteiger partial charge < -0.3 is 56.8 Å². The molecular weight excluding hydrogens is 728 g/mol. The summed E-state index contributed by atoms with van der Waals surface area (Å²) in [5.41, 5.74) is 3.19. The van der Waals surface area contributed by atoms with Crippen LogP contribution >= 0.6 is 0 Å². The minimum Gasteiger partial charge on any atom is -0.493 e. The van der Waals surface area contributed by atoms with Crippen molar-refractivity contribution >= 4 is 23.6 Å². The zero-order chi connectivity index (χ0) is 39.7. The fourth-order valence-electron chi connectivity index (χ4n) is 7.74. The lowest BCUT2D eigenvalue weighted by Crippen LogP contribution is -2.36. The van der Waals surface area contributed by atoms with E-state index in [2.05, 4.69) is 0 Å². The summed E-state index contributed by atoms with van der Waals surface area (Å²) in [7, 11) is 12.1. The second-order valence-corrected chi connectivity index (χ2v) is 13.0. The fraction of sp³-hybridized carbons (Fsp3) is 0.333. The van der Waals surface area contributed by atoms with Crippen molar-refractivity contribution in [2.75, 3.05) is 70.3 Å². The highest BCUT2D eigenvalue weighted by molar-refractivity contribution is 6.22.